The first-order valence-corrected chi connectivity index (χ1v) is 8.53. The minimum Gasteiger partial charge on any atom is -0.460 e. The van der Waals surface area contributed by atoms with Gasteiger partial charge in [0.2, 0.25) is 12.2 Å². The van der Waals surface area contributed by atoms with E-state index in [4.69, 9.17) is 9.47 Å². The van der Waals surface area contributed by atoms with Crippen LogP contribution in [0.1, 0.15) is 6.92 Å². The average molecular weight is 415 g/mol. The number of carbonyl (C=O) groups excluding carboxylic acids is 1. The fraction of sp³-hybridized carbons (Fsp3) is 0.438. The van der Waals surface area contributed by atoms with Gasteiger partial charge in [-0.2, -0.15) is 0 Å². The van der Waals surface area contributed by atoms with Crippen LogP contribution in [0.15, 0.2) is 28.9 Å². The molecule has 0 bridgehead atoms. The van der Waals surface area contributed by atoms with Crippen molar-refractivity contribution in [2.24, 2.45) is 0 Å². The van der Waals surface area contributed by atoms with Crippen LogP contribution in [0.25, 0.3) is 10.9 Å². The Balaban J connectivity index is 1.90. The van der Waals surface area contributed by atoms with Gasteiger partial charge < -0.3 is 35.1 Å². The second kappa shape index (κ2) is 7.30. The summed E-state index contributed by atoms with van der Waals surface area (Å²) in [5.41, 5.74) is 0.837. The summed E-state index contributed by atoms with van der Waals surface area (Å²) in [6, 6.07) is 4.61. The smallest absolute Gasteiger partial charge is 0.223 e. The number of aromatic nitrogens is 1. The van der Waals surface area contributed by atoms with Crippen molar-refractivity contribution >= 4 is 32.7 Å². The first-order chi connectivity index (χ1) is 11.9. The predicted octanol–water partition coefficient (Wildman–Crippen LogP) is 0.253. The number of rotatable bonds is 4. The summed E-state index contributed by atoms with van der Waals surface area (Å²) in [7, 11) is 0. The van der Waals surface area contributed by atoms with E-state index in [1.165, 1.54) is 6.92 Å². The summed E-state index contributed by atoms with van der Waals surface area (Å²) < 4.78 is 12.3. The lowest BCUT2D eigenvalue weighted by molar-refractivity contribution is -0.244. The summed E-state index contributed by atoms with van der Waals surface area (Å²) in [5, 5.41) is 33.0. The fourth-order valence-corrected chi connectivity index (χ4v) is 3.22. The minimum atomic E-state index is -1.35. The zero-order chi connectivity index (χ0) is 18.1. The topological polar surface area (TPSA) is 124 Å². The van der Waals surface area contributed by atoms with Crippen LogP contribution in [0.5, 0.6) is 5.75 Å². The van der Waals surface area contributed by atoms with Gasteiger partial charge in [0, 0.05) is 28.5 Å². The van der Waals surface area contributed by atoms with E-state index in [1.807, 2.05) is 18.2 Å². The zero-order valence-corrected chi connectivity index (χ0v) is 14.9. The van der Waals surface area contributed by atoms with Gasteiger partial charge in [0.25, 0.3) is 0 Å². The van der Waals surface area contributed by atoms with E-state index < -0.39 is 43.2 Å². The molecule has 9 heteroatoms. The monoisotopic (exact) mass is 414 g/mol. The molecule has 1 amide bonds. The van der Waals surface area contributed by atoms with Gasteiger partial charge in [-0.1, -0.05) is 15.9 Å². The van der Waals surface area contributed by atoms with E-state index in [-0.39, 0.29) is 0 Å². The zero-order valence-electron chi connectivity index (χ0n) is 13.3. The number of ether oxygens (including phenoxy) is 2. The molecule has 0 spiro atoms. The Morgan fingerprint density at radius 3 is 2.84 bits per heavy atom. The number of fused-ring (bicyclic) bond motifs is 1. The highest BCUT2D eigenvalue weighted by molar-refractivity contribution is 9.10. The lowest BCUT2D eigenvalue weighted by Gasteiger charge is -2.41. The number of aliphatic hydroxyl groups excluding tert-OH is 3. The van der Waals surface area contributed by atoms with Crippen molar-refractivity contribution in [3.8, 4) is 5.75 Å². The Bertz CT molecular complexity index is 766. The first kappa shape index (κ1) is 18.2. The first-order valence-electron chi connectivity index (χ1n) is 7.73. The number of nitrogens with one attached hydrogen (secondary N) is 2. The number of H-pyrrole nitrogens is 1. The van der Waals surface area contributed by atoms with Gasteiger partial charge >= 0.3 is 0 Å². The van der Waals surface area contributed by atoms with Crippen molar-refractivity contribution < 1.29 is 29.6 Å². The highest BCUT2D eigenvalue weighted by Crippen LogP contribution is 2.31. The highest BCUT2D eigenvalue weighted by Gasteiger charge is 2.46. The van der Waals surface area contributed by atoms with Crippen LogP contribution in [-0.2, 0) is 9.53 Å². The molecule has 5 N–H and O–H groups in total. The predicted molar refractivity (Wildman–Crippen MR) is 92.0 cm³/mol. The van der Waals surface area contributed by atoms with Gasteiger partial charge in [0.1, 0.15) is 30.1 Å². The van der Waals surface area contributed by atoms with Gasteiger partial charge in [-0.05, 0) is 18.2 Å². The molecule has 1 fully saturated rings. The van der Waals surface area contributed by atoms with E-state index in [0.717, 1.165) is 15.4 Å². The molecule has 2 heterocycles. The molecule has 136 valence electrons. The molecule has 1 aliphatic rings. The van der Waals surface area contributed by atoms with Gasteiger partial charge in [-0.25, -0.2) is 0 Å². The van der Waals surface area contributed by atoms with E-state index in [0.29, 0.717) is 5.75 Å². The summed E-state index contributed by atoms with van der Waals surface area (Å²) >= 11 is 3.40. The van der Waals surface area contributed by atoms with E-state index in [1.54, 1.807) is 6.20 Å². The summed E-state index contributed by atoms with van der Waals surface area (Å²) in [5.74, 6) is 0.0505. The number of hydrogen-bond donors (Lipinski definition) is 5. The number of carbonyl (C=O) groups is 1. The van der Waals surface area contributed by atoms with Crippen molar-refractivity contribution in [1.29, 1.82) is 0 Å². The molecule has 2 aromatic rings. The molecule has 1 saturated heterocycles. The Labute approximate surface area is 151 Å². The number of aliphatic hydroxyl groups is 3. The summed E-state index contributed by atoms with van der Waals surface area (Å²) in [4.78, 5) is 14.5. The Hall–Kier alpha value is -1.65. The van der Waals surface area contributed by atoms with Crippen molar-refractivity contribution in [2.75, 3.05) is 6.61 Å². The highest BCUT2D eigenvalue weighted by atomic mass is 79.9. The van der Waals surface area contributed by atoms with E-state index >= 15 is 0 Å². The lowest BCUT2D eigenvalue weighted by Crippen LogP contribution is -2.65. The van der Waals surface area contributed by atoms with Gasteiger partial charge in [-0.15, -0.1) is 0 Å². The van der Waals surface area contributed by atoms with Crippen LogP contribution in [0.4, 0.5) is 0 Å². The number of benzene rings is 1. The Morgan fingerprint density at radius 1 is 1.40 bits per heavy atom. The third-order valence-electron chi connectivity index (χ3n) is 4.10. The third kappa shape index (κ3) is 3.65. The van der Waals surface area contributed by atoms with Gasteiger partial charge in [-0.3, -0.25) is 4.79 Å². The average Bonchev–Trinajstić information content (AvgIpc) is 2.96. The molecule has 0 saturated carbocycles. The molecule has 8 nitrogen and oxygen atoms in total. The second-order valence-corrected chi connectivity index (χ2v) is 6.81. The van der Waals surface area contributed by atoms with Crippen LogP contribution < -0.4 is 10.1 Å². The molecule has 0 radical (unpaired) electrons. The molecule has 1 aliphatic heterocycles. The quantitative estimate of drug-likeness (QED) is 0.488. The number of hydrogen-bond acceptors (Lipinski definition) is 6. The maximum absolute atomic E-state index is 11.4. The number of halogens is 1. The van der Waals surface area contributed by atoms with Crippen molar-refractivity contribution in [1.82, 2.24) is 10.3 Å². The van der Waals surface area contributed by atoms with Crippen LogP contribution in [-0.4, -0.2) is 63.5 Å². The van der Waals surface area contributed by atoms with Crippen LogP contribution in [0, 0.1) is 0 Å². The molecular formula is C16H19BrN2O6. The van der Waals surface area contributed by atoms with Crippen molar-refractivity contribution in [3.63, 3.8) is 0 Å². The summed E-state index contributed by atoms with van der Waals surface area (Å²) in [6.07, 6.45) is -3.17. The van der Waals surface area contributed by atoms with Crippen LogP contribution >= 0.6 is 15.9 Å². The lowest BCUT2D eigenvalue weighted by atomic mass is 9.97. The van der Waals surface area contributed by atoms with Gasteiger partial charge in [0.15, 0.2) is 0 Å². The maximum Gasteiger partial charge on any atom is 0.223 e. The molecule has 0 aliphatic carbocycles. The van der Waals surface area contributed by atoms with Gasteiger partial charge in [0.05, 0.1) is 6.61 Å². The molecular weight excluding hydrogens is 396 g/mol. The summed E-state index contributed by atoms with van der Waals surface area (Å²) in [6.45, 7) is 0.793. The maximum atomic E-state index is 11.4. The van der Waals surface area contributed by atoms with Crippen LogP contribution in [0.3, 0.4) is 0 Å². The third-order valence-corrected chi connectivity index (χ3v) is 4.59. The number of amides is 1. The second-order valence-electron chi connectivity index (χ2n) is 5.89. The van der Waals surface area contributed by atoms with Crippen molar-refractivity contribution in [2.45, 2.75) is 37.6 Å². The fourth-order valence-electron chi connectivity index (χ4n) is 2.86. The Morgan fingerprint density at radius 2 is 2.16 bits per heavy atom. The molecule has 1 aromatic heterocycles. The standard InChI is InChI=1S/C16H19BrN2O6/c1-7(21)19-13-15(23)14(22)12(6-20)25-16(13)24-11-5-18-10-3-2-8(17)4-9(10)11/h2-5,12-16,18,20,22-23H,6H2,1H3,(H,19,21). The van der Waals surface area contributed by atoms with Crippen molar-refractivity contribution in [3.05, 3.63) is 28.9 Å². The molecule has 25 heavy (non-hydrogen) atoms. The molecule has 1 aromatic carbocycles. The van der Waals surface area contributed by atoms with E-state index in [9.17, 15) is 20.1 Å². The molecule has 5 atom stereocenters. The number of aromatic amines is 1. The molecule has 3 rings (SSSR count). The van der Waals surface area contributed by atoms with E-state index in [2.05, 4.69) is 26.2 Å². The largest absolute Gasteiger partial charge is 0.460 e. The SMILES string of the molecule is CC(=O)NC1C(Oc2c[nH]c3ccc(Br)cc23)OC(CO)C(O)C1O. The Kier molecular flexibility index (Phi) is 5.30. The molecule has 5 unspecified atom stereocenters. The van der Waals surface area contributed by atoms with Crippen LogP contribution in [0.2, 0.25) is 0 Å². The normalized spacial score (nSPS) is 29.6. The minimum absolute atomic E-state index is 0.405.